The largest absolute Gasteiger partial charge is 0.382 e. The Hall–Kier alpha value is -3.08. The van der Waals surface area contributed by atoms with E-state index in [1.807, 2.05) is 43.5 Å². The molecule has 3 aromatic heterocycles. The fourth-order valence-electron chi connectivity index (χ4n) is 3.87. The summed E-state index contributed by atoms with van der Waals surface area (Å²) in [6, 6.07) is 10.0. The van der Waals surface area contributed by atoms with Gasteiger partial charge in [0, 0.05) is 43.0 Å². The minimum Gasteiger partial charge on any atom is -0.382 e. The van der Waals surface area contributed by atoms with Crippen molar-refractivity contribution < 1.29 is 13.2 Å². The molecule has 0 atom stereocenters. The summed E-state index contributed by atoms with van der Waals surface area (Å²) < 4.78 is 32.9. The van der Waals surface area contributed by atoms with E-state index >= 15 is 0 Å². The highest BCUT2D eigenvalue weighted by Gasteiger charge is 2.18. The van der Waals surface area contributed by atoms with Gasteiger partial charge in [-0.2, -0.15) is 0 Å². The molecule has 4 aromatic rings. The molecular formula is C23H28N6O3S. The van der Waals surface area contributed by atoms with Crippen molar-refractivity contribution >= 4 is 37.8 Å². The van der Waals surface area contributed by atoms with Gasteiger partial charge in [-0.05, 0) is 37.5 Å². The number of anilines is 1. The van der Waals surface area contributed by atoms with Gasteiger partial charge in [-0.25, -0.2) is 23.1 Å². The number of nitrogens with one attached hydrogen (secondary N) is 1. The third-order valence-electron chi connectivity index (χ3n) is 5.39. The molecule has 3 heterocycles. The summed E-state index contributed by atoms with van der Waals surface area (Å²) in [7, 11) is -3.19. The SMILES string of the molecule is CCOCc1nc2c(N)nc3cc(-c4cccnc4)ccc3c2n1CCCCNS(C)(=O)=O. The van der Waals surface area contributed by atoms with Crippen LogP contribution in [0.5, 0.6) is 0 Å². The maximum atomic E-state index is 11.3. The molecular weight excluding hydrogens is 440 g/mol. The summed E-state index contributed by atoms with van der Waals surface area (Å²) in [6.45, 7) is 3.93. The van der Waals surface area contributed by atoms with E-state index in [1.165, 1.54) is 0 Å². The van der Waals surface area contributed by atoms with E-state index in [-0.39, 0.29) is 0 Å². The summed E-state index contributed by atoms with van der Waals surface area (Å²) in [5.41, 5.74) is 10.7. The molecule has 4 rings (SSSR count). The van der Waals surface area contributed by atoms with Crippen LogP contribution in [0, 0.1) is 0 Å². The van der Waals surface area contributed by atoms with E-state index < -0.39 is 10.0 Å². The van der Waals surface area contributed by atoms with Crippen LogP contribution in [0.25, 0.3) is 33.1 Å². The van der Waals surface area contributed by atoms with Crippen molar-refractivity contribution in [3.05, 3.63) is 48.5 Å². The molecule has 9 nitrogen and oxygen atoms in total. The van der Waals surface area contributed by atoms with Crippen LogP contribution in [-0.2, 0) is 27.9 Å². The number of aromatic nitrogens is 4. The number of sulfonamides is 1. The maximum absolute atomic E-state index is 11.3. The number of nitrogens with two attached hydrogens (primary N) is 1. The molecule has 10 heteroatoms. The first-order valence-corrected chi connectivity index (χ1v) is 12.8. The molecule has 33 heavy (non-hydrogen) atoms. The Balaban J connectivity index is 1.74. The van der Waals surface area contributed by atoms with E-state index in [9.17, 15) is 8.42 Å². The molecule has 0 fully saturated rings. The fourth-order valence-corrected chi connectivity index (χ4v) is 4.38. The van der Waals surface area contributed by atoms with Gasteiger partial charge in [0.15, 0.2) is 5.82 Å². The van der Waals surface area contributed by atoms with Gasteiger partial charge < -0.3 is 15.0 Å². The lowest BCUT2D eigenvalue weighted by Gasteiger charge is -2.12. The van der Waals surface area contributed by atoms with Crippen LogP contribution >= 0.6 is 0 Å². The molecule has 0 aliphatic carbocycles. The van der Waals surface area contributed by atoms with Crippen molar-refractivity contribution in [2.75, 3.05) is 25.1 Å². The number of hydrogen-bond donors (Lipinski definition) is 2. The standard InChI is InChI=1S/C23H28N6O3S/c1-3-32-15-20-28-21-22(29(20)12-5-4-11-26-33(2,30)31)18-9-8-16(13-19(18)27-23(21)24)17-7-6-10-25-14-17/h6-10,13-14,26H,3-5,11-12,15H2,1-2H3,(H2,24,27). The van der Waals surface area contributed by atoms with E-state index in [2.05, 4.69) is 19.3 Å². The molecule has 1 aromatic carbocycles. The van der Waals surface area contributed by atoms with Gasteiger partial charge in [0.25, 0.3) is 0 Å². The van der Waals surface area contributed by atoms with Crippen LogP contribution in [0.3, 0.4) is 0 Å². The summed E-state index contributed by atoms with van der Waals surface area (Å²) in [5, 5.41) is 0.955. The summed E-state index contributed by atoms with van der Waals surface area (Å²) >= 11 is 0. The van der Waals surface area contributed by atoms with Crippen molar-refractivity contribution in [3.8, 4) is 11.1 Å². The molecule has 0 aliphatic rings. The van der Waals surface area contributed by atoms with Crippen LogP contribution < -0.4 is 10.5 Å². The number of hydrogen-bond acceptors (Lipinski definition) is 7. The number of ether oxygens (including phenoxy) is 1. The van der Waals surface area contributed by atoms with E-state index in [0.717, 1.165) is 46.0 Å². The van der Waals surface area contributed by atoms with Crippen molar-refractivity contribution in [2.24, 2.45) is 0 Å². The maximum Gasteiger partial charge on any atom is 0.208 e. The molecule has 0 amide bonds. The van der Waals surface area contributed by atoms with Gasteiger partial charge in [0.05, 0.1) is 17.3 Å². The lowest BCUT2D eigenvalue weighted by atomic mass is 10.0. The number of benzene rings is 1. The molecule has 0 saturated heterocycles. The number of unbranched alkanes of at least 4 members (excludes halogenated alkanes) is 1. The quantitative estimate of drug-likeness (QED) is 0.343. The molecule has 0 bridgehead atoms. The highest BCUT2D eigenvalue weighted by atomic mass is 32.2. The third-order valence-corrected chi connectivity index (χ3v) is 6.11. The number of imidazole rings is 1. The Labute approximate surface area is 193 Å². The average Bonchev–Trinajstić information content (AvgIpc) is 3.16. The fraction of sp³-hybridized carbons (Fsp3) is 0.348. The summed E-state index contributed by atoms with van der Waals surface area (Å²) in [5.74, 6) is 1.15. The first kappa shape index (κ1) is 23.1. The Morgan fingerprint density at radius 1 is 1.15 bits per heavy atom. The lowest BCUT2D eigenvalue weighted by Crippen LogP contribution is -2.23. The third kappa shape index (κ3) is 5.29. The van der Waals surface area contributed by atoms with Gasteiger partial charge in [-0.3, -0.25) is 4.98 Å². The number of fused-ring (bicyclic) bond motifs is 3. The minimum absolute atomic E-state index is 0.363. The number of nitrogens with zero attached hydrogens (tertiary/aromatic N) is 4. The zero-order valence-corrected chi connectivity index (χ0v) is 19.6. The topological polar surface area (TPSA) is 125 Å². The van der Waals surface area contributed by atoms with Gasteiger partial charge >= 0.3 is 0 Å². The average molecular weight is 469 g/mol. The predicted molar refractivity (Wildman–Crippen MR) is 130 cm³/mol. The van der Waals surface area contributed by atoms with Gasteiger partial charge in [-0.1, -0.05) is 18.2 Å². The zero-order valence-electron chi connectivity index (χ0n) is 18.8. The highest BCUT2D eigenvalue weighted by Crippen LogP contribution is 2.32. The normalized spacial score (nSPS) is 12.1. The van der Waals surface area contributed by atoms with Crippen molar-refractivity contribution in [1.29, 1.82) is 0 Å². The number of nitrogen functional groups attached to an aromatic ring is 1. The van der Waals surface area contributed by atoms with Crippen LogP contribution in [0.4, 0.5) is 5.82 Å². The molecule has 0 saturated carbocycles. The van der Waals surface area contributed by atoms with E-state index in [0.29, 0.717) is 44.1 Å². The van der Waals surface area contributed by atoms with Crippen LogP contribution in [0.1, 0.15) is 25.6 Å². The second-order valence-corrected chi connectivity index (χ2v) is 9.69. The molecule has 0 aliphatic heterocycles. The number of pyridine rings is 2. The highest BCUT2D eigenvalue weighted by molar-refractivity contribution is 7.88. The van der Waals surface area contributed by atoms with Crippen molar-refractivity contribution in [2.45, 2.75) is 32.9 Å². The second-order valence-electron chi connectivity index (χ2n) is 7.86. The first-order valence-electron chi connectivity index (χ1n) is 10.9. The molecule has 3 N–H and O–H groups in total. The lowest BCUT2D eigenvalue weighted by molar-refractivity contribution is 0.126. The zero-order chi connectivity index (χ0) is 23.4. The van der Waals surface area contributed by atoms with Crippen molar-refractivity contribution in [3.63, 3.8) is 0 Å². The Kier molecular flexibility index (Phi) is 6.87. The first-order chi connectivity index (χ1) is 15.9. The monoisotopic (exact) mass is 468 g/mol. The van der Waals surface area contributed by atoms with Gasteiger partial charge in [-0.15, -0.1) is 0 Å². The molecule has 0 spiro atoms. The predicted octanol–water partition coefficient (Wildman–Crippen LogP) is 3.09. The van der Waals surface area contributed by atoms with Crippen LogP contribution in [0.2, 0.25) is 0 Å². The Morgan fingerprint density at radius 2 is 2.00 bits per heavy atom. The summed E-state index contributed by atoms with van der Waals surface area (Å²) in [6.07, 6.45) is 6.19. The van der Waals surface area contributed by atoms with Gasteiger partial charge in [0.1, 0.15) is 17.9 Å². The number of aryl methyl sites for hydroxylation is 1. The van der Waals surface area contributed by atoms with Crippen molar-refractivity contribution in [1.82, 2.24) is 24.2 Å². The van der Waals surface area contributed by atoms with E-state index in [1.54, 1.807) is 6.20 Å². The Morgan fingerprint density at radius 3 is 2.73 bits per heavy atom. The molecule has 0 radical (unpaired) electrons. The van der Waals surface area contributed by atoms with Gasteiger partial charge in [0.2, 0.25) is 10.0 Å². The van der Waals surface area contributed by atoms with E-state index in [4.69, 9.17) is 15.5 Å². The molecule has 174 valence electrons. The smallest absolute Gasteiger partial charge is 0.208 e. The summed E-state index contributed by atoms with van der Waals surface area (Å²) in [4.78, 5) is 13.6. The Bertz CT molecular complexity index is 1370. The second kappa shape index (κ2) is 9.82. The molecule has 0 unspecified atom stereocenters. The minimum atomic E-state index is -3.19. The van der Waals surface area contributed by atoms with Crippen LogP contribution in [-0.4, -0.2) is 47.3 Å². The van der Waals surface area contributed by atoms with Crippen LogP contribution in [0.15, 0.2) is 42.7 Å². The number of rotatable bonds is 10.